The van der Waals surface area contributed by atoms with Crippen LogP contribution < -0.4 is 0 Å². The molecule has 4 nitrogen and oxygen atoms in total. The molecule has 2 atom stereocenters. The van der Waals surface area contributed by atoms with Gasteiger partial charge in [-0.15, -0.1) is 0 Å². The highest BCUT2D eigenvalue weighted by molar-refractivity contribution is 5.81. The van der Waals surface area contributed by atoms with Gasteiger partial charge in [0.05, 0.1) is 19.8 Å². The molecule has 2 rings (SSSR count). The molecule has 0 aromatic heterocycles. The predicted octanol–water partition coefficient (Wildman–Crippen LogP) is 2.39. The molecular formula is C16H22O4. The number of aliphatic hydroxyl groups is 1. The van der Waals surface area contributed by atoms with Crippen LogP contribution in [0.15, 0.2) is 24.3 Å². The van der Waals surface area contributed by atoms with Crippen LogP contribution in [-0.4, -0.2) is 29.9 Å². The molecule has 0 bridgehead atoms. The third kappa shape index (κ3) is 2.72. The van der Waals surface area contributed by atoms with E-state index in [2.05, 4.69) is 0 Å². The second-order valence-corrected chi connectivity index (χ2v) is 5.16. The molecule has 1 N–H and O–H groups in total. The lowest BCUT2D eigenvalue weighted by Crippen LogP contribution is -2.48. The summed E-state index contributed by atoms with van der Waals surface area (Å²) in [5.74, 6) is -0.918. The van der Waals surface area contributed by atoms with Crippen LogP contribution in [0.25, 0.3) is 0 Å². The summed E-state index contributed by atoms with van der Waals surface area (Å²) in [6.45, 7) is 4.82. The van der Waals surface area contributed by atoms with Gasteiger partial charge in [-0.3, -0.25) is 0 Å². The molecule has 0 fully saturated rings. The van der Waals surface area contributed by atoms with Crippen molar-refractivity contribution in [1.82, 2.24) is 0 Å². The van der Waals surface area contributed by atoms with Crippen LogP contribution in [0, 0.1) is 0 Å². The predicted molar refractivity (Wildman–Crippen MR) is 75.3 cm³/mol. The van der Waals surface area contributed by atoms with E-state index in [0.717, 1.165) is 11.1 Å². The summed E-state index contributed by atoms with van der Waals surface area (Å²) < 4.78 is 10.6. The van der Waals surface area contributed by atoms with Crippen molar-refractivity contribution in [1.29, 1.82) is 0 Å². The minimum absolute atomic E-state index is 0.264. The van der Waals surface area contributed by atoms with Crippen LogP contribution in [0.3, 0.4) is 0 Å². The van der Waals surface area contributed by atoms with Crippen molar-refractivity contribution >= 4 is 5.97 Å². The molecule has 1 aliphatic rings. The Morgan fingerprint density at radius 3 is 2.90 bits per heavy atom. The number of esters is 1. The van der Waals surface area contributed by atoms with E-state index in [1.54, 1.807) is 6.92 Å². The third-order valence-corrected chi connectivity index (χ3v) is 3.81. The van der Waals surface area contributed by atoms with E-state index in [1.807, 2.05) is 31.2 Å². The van der Waals surface area contributed by atoms with Gasteiger partial charge < -0.3 is 14.6 Å². The lowest BCUT2D eigenvalue weighted by atomic mass is 9.77. The quantitative estimate of drug-likeness (QED) is 0.840. The summed E-state index contributed by atoms with van der Waals surface area (Å²) in [6, 6.07) is 7.80. The summed E-state index contributed by atoms with van der Waals surface area (Å²) in [4.78, 5) is 12.2. The monoisotopic (exact) mass is 278 g/mol. The fourth-order valence-electron chi connectivity index (χ4n) is 2.83. The van der Waals surface area contributed by atoms with E-state index in [0.29, 0.717) is 26.1 Å². The highest BCUT2D eigenvalue weighted by atomic mass is 16.5. The van der Waals surface area contributed by atoms with Gasteiger partial charge in [-0.1, -0.05) is 37.6 Å². The molecule has 1 aromatic carbocycles. The van der Waals surface area contributed by atoms with Gasteiger partial charge in [0.25, 0.3) is 0 Å². The summed E-state index contributed by atoms with van der Waals surface area (Å²) in [5.41, 5.74) is 0.506. The average molecular weight is 278 g/mol. The molecule has 2 unspecified atom stereocenters. The number of hydrogen-bond acceptors (Lipinski definition) is 4. The Kier molecular flexibility index (Phi) is 4.78. The summed E-state index contributed by atoms with van der Waals surface area (Å²) in [7, 11) is 0. The molecule has 4 heteroatoms. The fourth-order valence-corrected chi connectivity index (χ4v) is 2.83. The van der Waals surface area contributed by atoms with Crippen molar-refractivity contribution in [2.45, 2.75) is 44.8 Å². The number of carbonyl (C=O) groups excluding carboxylic acids is 1. The maximum absolute atomic E-state index is 12.2. The Hall–Kier alpha value is -1.39. The molecule has 0 saturated carbocycles. The van der Waals surface area contributed by atoms with Crippen molar-refractivity contribution in [2.24, 2.45) is 0 Å². The molecular weight excluding hydrogens is 256 g/mol. The molecule has 1 aliphatic heterocycles. The number of rotatable bonds is 5. The Morgan fingerprint density at radius 1 is 1.45 bits per heavy atom. The van der Waals surface area contributed by atoms with Crippen LogP contribution in [0.2, 0.25) is 0 Å². The highest BCUT2D eigenvalue weighted by Crippen LogP contribution is 2.38. The van der Waals surface area contributed by atoms with Gasteiger partial charge >= 0.3 is 5.97 Å². The van der Waals surface area contributed by atoms with Crippen LogP contribution in [-0.2, 0) is 20.9 Å². The zero-order chi connectivity index (χ0) is 14.6. The highest BCUT2D eigenvalue weighted by Gasteiger charge is 2.47. The second-order valence-electron chi connectivity index (χ2n) is 5.16. The summed E-state index contributed by atoms with van der Waals surface area (Å²) in [6.07, 6.45) is 1.07. The second kappa shape index (κ2) is 6.37. The number of ether oxygens (including phenoxy) is 2. The normalized spacial score (nSPS) is 20.9. The molecule has 1 heterocycles. The molecule has 0 amide bonds. The smallest absolute Gasteiger partial charge is 0.338 e. The minimum atomic E-state index is -1.51. The lowest BCUT2D eigenvalue weighted by Gasteiger charge is -2.37. The van der Waals surface area contributed by atoms with E-state index in [4.69, 9.17) is 9.47 Å². The SMILES string of the molecule is CCCC(O)(C(=O)OCC)C1COCc2ccccc21. The first kappa shape index (κ1) is 15.0. The van der Waals surface area contributed by atoms with Crippen LogP contribution in [0.4, 0.5) is 0 Å². The summed E-state index contributed by atoms with van der Waals surface area (Å²) >= 11 is 0. The zero-order valence-electron chi connectivity index (χ0n) is 12.1. The third-order valence-electron chi connectivity index (χ3n) is 3.81. The number of fused-ring (bicyclic) bond motifs is 1. The van der Waals surface area contributed by atoms with Gasteiger partial charge in [0, 0.05) is 5.92 Å². The number of hydrogen-bond donors (Lipinski definition) is 1. The largest absolute Gasteiger partial charge is 0.464 e. The molecule has 0 radical (unpaired) electrons. The van der Waals surface area contributed by atoms with Gasteiger partial charge in [-0.2, -0.15) is 0 Å². The van der Waals surface area contributed by atoms with Gasteiger partial charge in [0.1, 0.15) is 0 Å². The van der Waals surface area contributed by atoms with E-state index < -0.39 is 11.6 Å². The van der Waals surface area contributed by atoms with Crippen molar-refractivity contribution in [3.05, 3.63) is 35.4 Å². The maximum Gasteiger partial charge on any atom is 0.338 e. The Labute approximate surface area is 119 Å². The van der Waals surface area contributed by atoms with E-state index in [9.17, 15) is 9.90 Å². The Balaban J connectivity index is 2.38. The fraction of sp³-hybridized carbons (Fsp3) is 0.562. The van der Waals surface area contributed by atoms with Crippen molar-refractivity contribution in [2.75, 3.05) is 13.2 Å². The Bertz CT molecular complexity index is 471. The molecule has 0 aliphatic carbocycles. The summed E-state index contributed by atoms with van der Waals surface area (Å²) in [5, 5.41) is 10.9. The van der Waals surface area contributed by atoms with Gasteiger partial charge in [0.15, 0.2) is 5.60 Å². The number of carbonyl (C=O) groups is 1. The van der Waals surface area contributed by atoms with Crippen LogP contribution in [0.1, 0.15) is 43.7 Å². The van der Waals surface area contributed by atoms with Crippen LogP contribution >= 0.6 is 0 Å². The first-order chi connectivity index (χ1) is 9.63. The molecule has 0 saturated heterocycles. The molecule has 110 valence electrons. The van der Waals surface area contributed by atoms with Crippen molar-refractivity contribution in [3.8, 4) is 0 Å². The lowest BCUT2D eigenvalue weighted by molar-refractivity contribution is -0.171. The van der Waals surface area contributed by atoms with Gasteiger partial charge in [-0.05, 0) is 24.5 Å². The van der Waals surface area contributed by atoms with Crippen molar-refractivity contribution in [3.63, 3.8) is 0 Å². The maximum atomic E-state index is 12.2. The van der Waals surface area contributed by atoms with E-state index >= 15 is 0 Å². The zero-order valence-corrected chi connectivity index (χ0v) is 12.1. The standard InChI is InChI=1S/C16H22O4/c1-3-9-16(18,15(17)20-4-2)14-11-19-10-12-7-5-6-8-13(12)14/h5-8,14,18H,3-4,9-11H2,1-2H3. The van der Waals surface area contributed by atoms with Gasteiger partial charge in [0.2, 0.25) is 0 Å². The van der Waals surface area contributed by atoms with Gasteiger partial charge in [-0.25, -0.2) is 4.79 Å². The minimum Gasteiger partial charge on any atom is -0.464 e. The first-order valence-electron chi connectivity index (χ1n) is 7.18. The molecule has 0 spiro atoms. The number of benzene rings is 1. The van der Waals surface area contributed by atoms with Crippen LogP contribution in [0.5, 0.6) is 0 Å². The Morgan fingerprint density at radius 2 is 2.20 bits per heavy atom. The molecule has 20 heavy (non-hydrogen) atoms. The van der Waals surface area contributed by atoms with E-state index in [-0.39, 0.29) is 12.5 Å². The van der Waals surface area contributed by atoms with Crippen molar-refractivity contribution < 1.29 is 19.4 Å². The average Bonchev–Trinajstić information content (AvgIpc) is 2.47. The van der Waals surface area contributed by atoms with E-state index in [1.165, 1.54) is 0 Å². The topological polar surface area (TPSA) is 55.8 Å². The molecule has 1 aromatic rings. The first-order valence-corrected chi connectivity index (χ1v) is 7.18.